The Bertz CT molecular complexity index is 1100. The minimum absolute atomic E-state index is 0.258. The Morgan fingerprint density at radius 3 is 2.62 bits per heavy atom. The van der Waals surface area contributed by atoms with Crippen LogP contribution in [-0.2, 0) is 9.53 Å². The lowest BCUT2D eigenvalue weighted by molar-refractivity contribution is -0.139. The van der Waals surface area contributed by atoms with E-state index in [0.29, 0.717) is 16.8 Å². The van der Waals surface area contributed by atoms with Crippen LogP contribution in [-0.4, -0.2) is 37.9 Å². The van der Waals surface area contributed by atoms with Crippen molar-refractivity contribution < 1.29 is 14.3 Å². The van der Waals surface area contributed by atoms with Gasteiger partial charge in [-0.15, -0.1) is 0 Å². The summed E-state index contributed by atoms with van der Waals surface area (Å²) in [6, 6.07) is 15.7. The van der Waals surface area contributed by atoms with Crippen LogP contribution in [0.2, 0.25) is 0 Å². The minimum atomic E-state index is -0.947. The minimum Gasteiger partial charge on any atom is -0.468 e. The number of fused-ring (bicyclic) bond motifs is 3. The van der Waals surface area contributed by atoms with Crippen LogP contribution in [0.15, 0.2) is 60.3 Å². The highest BCUT2D eigenvalue weighted by Gasteiger charge is 2.34. The molecule has 6 heteroatoms. The van der Waals surface area contributed by atoms with Gasteiger partial charge in [0, 0.05) is 42.5 Å². The lowest BCUT2D eigenvalue weighted by Gasteiger charge is -2.29. The molecule has 1 aliphatic heterocycles. The van der Waals surface area contributed by atoms with Crippen molar-refractivity contribution in [1.29, 1.82) is 0 Å². The molecule has 2 N–H and O–H groups in total. The van der Waals surface area contributed by atoms with Crippen LogP contribution in [0.3, 0.4) is 0 Å². The number of esters is 1. The molecule has 29 heavy (non-hydrogen) atoms. The molecule has 4 rings (SSSR count). The van der Waals surface area contributed by atoms with E-state index in [4.69, 9.17) is 15.2 Å². The largest absolute Gasteiger partial charge is 0.468 e. The Hall–Kier alpha value is -3.38. The molecule has 0 radical (unpaired) electrons. The van der Waals surface area contributed by atoms with Crippen molar-refractivity contribution in [3.05, 3.63) is 71.4 Å². The van der Waals surface area contributed by atoms with E-state index in [2.05, 4.69) is 4.98 Å². The number of carbonyl (C=O) groups excluding carboxylic acids is 1. The first-order valence-electron chi connectivity index (χ1n) is 9.50. The highest BCUT2D eigenvalue weighted by Crippen LogP contribution is 2.42. The van der Waals surface area contributed by atoms with Crippen molar-refractivity contribution in [1.82, 2.24) is 4.98 Å². The molecule has 2 aromatic carbocycles. The number of anilines is 1. The van der Waals surface area contributed by atoms with Gasteiger partial charge in [0.1, 0.15) is 11.1 Å². The monoisotopic (exact) mass is 389 g/mol. The average molecular weight is 389 g/mol. The SMILES string of the molecule is CCOC(=O)C1=C(c2ccc(N(C)C)cc2)c2ccc3cccnc3c2OC1N. The Labute approximate surface area is 169 Å². The molecule has 0 saturated carbocycles. The summed E-state index contributed by atoms with van der Waals surface area (Å²) in [4.78, 5) is 19.3. The smallest absolute Gasteiger partial charge is 0.339 e. The number of nitrogens with two attached hydrogens (primary N) is 1. The molecule has 0 aliphatic carbocycles. The molecule has 1 unspecified atom stereocenters. The first-order valence-corrected chi connectivity index (χ1v) is 9.50. The van der Waals surface area contributed by atoms with Crippen molar-refractivity contribution in [2.45, 2.75) is 13.2 Å². The van der Waals surface area contributed by atoms with E-state index in [1.54, 1.807) is 13.1 Å². The van der Waals surface area contributed by atoms with Gasteiger partial charge < -0.3 is 14.4 Å². The number of benzene rings is 2. The average Bonchev–Trinajstić information content (AvgIpc) is 2.73. The molecule has 0 bridgehead atoms. The lowest BCUT2D eigenvalue weighted by Crippen LogP contribution is -2.37. The molecule has 1 aliphatic rings. The van der Waals surface area contributed by atoms with Crippen LogP contribution in [0.4, 0.5) is 5.69 Å². The maximum atomic E-state index is 12.8. The van der Waals surface area contributed by atoms with Gasteiger partial charge >= 0.3 is 5.97 Å². The summed E-state index contributed by atoms with van der Waals surface area (Å²) in [5.41, 5.74) is 10.8. The van der Waals surface area contributed by atoms with Gasteiger partial charge in [0.25, 0.3) is 0 Å². The van der Waals surface area contributed by atoms with Gasteiger partial charge in [-0.25, -0.2) is 4.79 Å². The van der Waals surface area contributed by atoms with E-state index < -0.39 is 12.2 Å². The Morgan fingerprint density at radius 2 is 1.93 bits per heavy atom. The maximum absolute atomic E-state index is 12.8. The first-order chi connectivity index (χ1) is 14.0. The van der Waals surface area contributed by atoms with Crippen molar-refractivity contribution in [2.24, 2.45) is 5.73 Å². The summed E-state index contributed by atoms with van der Waals surface area (Å²) in [6.45, 7) is 2.03. The van der Waals surface area contributed by atoms with Crippen LogP contribution in [0.1, 0.15) is 18.1 Å². The molecule has 0 fully saturated rings. The predicted molar refractivity (Wildman–Crippen MR) is 114 cm³/mol. The molecule has 148 valence electrons. The normalized spacial score (nSPS) is 15.7. The molecule has 0 saturated heterocycles. The summed E-state index contributed by atoms with van der Waals surface area (Å²) >= 11 is 0. The standard InChI is InChI=1S/C23H23N3O3/c1-4-28-23(27)19-18(14-7-10-16(11-8-14)26(2)3)17-12-9-15-6-5-13-25-20(15)21(17)29-22(19)24/h5-13,22H,4,24H2,1-3H3. The van der Waals surface area contributed by atoms with Gasteiger partial charge in [0.2, 0.25) is 0 Å². The first kappa shape index (κ1) is 19.0. The Morgan fingerprint density at radius 1 is 1.17 bits per heavy atom. The zero-order valence-electron chi connectivity index (χ0n) is 16.7. The van der Waals surface area contributed by atoms with Gasteiger partial charge in [-0.1, -0.05) is 24.3 Å². The summed E-state index contributed by atoms with van der Waals surface area (Å²) in [5.74, 6) is 0.105. The third kappa shape index (κ3) is 3.32. The number of pyridine rings is 1. The van der Waals surface area contributed by atoms with Gasteiger partial charge in [0.15, 0.2) is 12.0 Å². The number of rotatable bonds is 4. The van der Waals surface area contributed by atoms with Crippen molar-refractivity contribution in [3.63, 3.8) is 0 Å². The van der Waals surface area contributed by atoms with Gasteiger partial charge in [-0.3, -0.25) is 10.7 Å². The number of nitrogens with zero attached hydrogens (tertiary/aromatic N) is 2. The van der Waals surface area contributed by atoms with E-state index in [1.165, 1.54) is 0 Å². The zero-order valence-corrected chi connectivity index (χ0v) is 16.7. The van der Waals surface area contributed by atoms with Gasteiger partial charge in [-0.2, -0.15) is 0 Å². The molecule has 3 aromatic rings. The fourth-order valence-electron chi connectivity index (χ4n) is 3.57. The fraction of sp³-hybridized carbons (Fsp3) is 0.217. The van der Waals surface area contributed by atoms with Crippen molar-refractivity contribution in [3.8, 4) is 5.75 Å². The molecule has 1 atom stereocenters. The van der Waals surface area contributed by atoms with Crippen molar-refractivity contribution >= 4 is 28.1 Å². The summed E-state index contributed by atoms with van der Waals surface area (Å²) in [5, 5.41) is 0.945. The third-order valence-electron chi connectivity index (χ3n) is 4.96. The second-order valence-corrected chi connectivity index (χ2v) is 7.01. The van der Waals surface area contributed by atoms with E-state index in [1.807, 2.05) is 67.5 Å². The highest BCUT2D eigenvalue weighted by molar-refractivity contribution is 6.06. The lowest BCUT2D eigenvalue weighted by atomic mass is 9.88. The van der Waals surface area contributed by atoms with Crippen LogP contribution in [0, 0.1) is 0 Å². The number of ether oxygens (including phenoxy) is 2. The molecule has 0 amide bonds. The highest BCUT2D eigenvalue weighted by atomic mass is 16.5. The van der Waals surface area contributed by atoms with Crippen molar-refractivity contribution in [2.75, 3.05) is 25.6 Å². The van der Waals surface area contributed by atoms with Crippen LogP contribution >= 0.6 is 0 Å². The molecule has 2 heterocycles. The van der Waals surface area contributed by atoms with E-state index in [9.17, 15) is 4.79 Å². The molecule has 1 aromatic heterocycles. The second-order valence-electron chi connectivity index (χ2n) is 7.01. The van der Waals surface area contributed by atoms with E-state index in [-0.39, 0.29) is 6.61 Å². The zero-order chi connectivity index (χ0) is 20.5. The Balaban J connectivity index is 1.98. The number of hydrogen-bond acceptors (Lipinski definition) is 6. The van der Waals surface area contributed by atoms with Crippen LogP contribution < -0.4 is 15.4 Å². The molecular weight excluding hydrogens is 366 g/mol. The second kappa shape index (κ2) is 7.56. The summed E-state index contributed by atoms with van der Waals surface area (Å²) in [7, 11) is 3.96. The fourth-order valence-corrected chi connectivity index (χ4v) is 3.57. The van der Waals surface area contributed by atoms with E-state index in [0.717, 1.165) is 27.8 Å². The van der Waals surface area contributed by atoms with Crippen LogP contribution in [0.25, 0.3) is 16.5 Å². The van der Waals surface area contributed by atoms with Gasteiger partial charge in [0.05, 0.1) is 6.61 Å². The molecule has 0 spiro atoms. The predicted octanol–water partition coefficient (Wildman–Crippen LogP) is 3.34. The quantitative estimate of drug-likeness (QED) is 0.690. The van der Waals surface area contributed by atoms with Gasteiger partial charge in [-0.05, 0) is 36.8 Å². The number of carbonyl (C=O) groups is 1. The Kier molecular flexibility index (Phi) is 4.94. The summed E-state index contributed by atoms with van der Waals surface area (Å²) in [6.07, 6.45) is 0.769. The summed E-state index contributed by atoms with van der Waals surface area (Å²) < 4.78 is 11.3. The van der Waals surface area contributed by atoms with Crippen LogP contribution in [0.5, 0.6) is 5.75 Å². The topological polar surface area (TPSA) is 77.7 Å². The number of hydrogen-bond donors (Lipinski definition) is 1. The maximum Gasteiger partial charge on any atom is 0.339 e. The number of aromatic nitrogens is 1. The molecular formula is C23H23N3O3. The molecule has 6 nitrogen and oxygen atoms in total. The third-order valence-corrected chi connectivity index (χ3v) is 4.96. The van der Waals surface area contributed by atoms with E-state index >= 15 is 0 Å².